The number of carboxylic acid groups (broad SMARTS) is 1. The van der Waals surface area contributed by atoms with Crippen LogP contribution in [0.4, 0.5) is 5.69 Å². The summed E-state index contributed by atoms with van der Waals surface area (Å²) >= 11 is 0. The normalized spacial score (nSPS) is 26.9. The highest BCUT2D eigenvalue weighted by Crippen LogP contribution is 2.27. The molecule has 1 saturated carbocycles. The molecule has 0 bridgehead atoms. The van der Waals surface area contributed by atoms with Gasteiger partial charge < -0.3 is 20.4 Å². The Morgan fingerprint density at radius 1 is 1.12 bits per heavy atom. The van der Waals surface area contributed by atoms with E-state index in [9.17, 15) is 14.7 Å². The summed E-state index contributed by atoms with van der Waals surface area (Å²) in [5.74, 6) is -0.969. The molecule has 0 radical (unpaired) electrons. The molecule has 6 nitrogen and oxygen atoms in total. The second-order valence-corrected chi connectivity index (χ2v) is 7.16. The molecule has 1 saturated heterocycles. The fraction of sp³-hybridized carbons (Fsp3) is 0.579. The molecule has 1 unspecified atom stereocenters. The number of carbonyl (C=O) groups is 2. The first kappa shape index (κ1) is 17.7. The Morgan fingerprint density at radius 2 is 1.88 bits per heavy atom. The van der Waals surface area contributed by atoms with Crippen LogP contribution in [0.1, 0.15) is 48.9 Å². The van der Waals surface area contributed by atoms with E-state index < -0.39 is 12.1 Å². The van der Waals surface area contributed by atoms with E-state index in [2.05, 4.69) is 5.32 Å². The summed E-state index contributed by atoms with van der Waals surface area (Å²) in [6.45, 7) is 1.09. The number of nitrogens with one attached hydrogen (secondary N) is 1. The summed E-state index contributed by atoms with van der Waals surface area (Å²) in [6, 6.07) is 7.70. The lowest BCUT2D eigenvalue weighted by atomic mass is 9.86. The molecule has 136 valence electrons. The van der Waals surface area contributed by atoms with Crippen molar-refractivity contribution >= 4 is 17.6 Å². The van der Waals surface area contributed by atoms with Gasteiger partial charge in [0.25, 0.3) is 5.91 Å². The van der Waals surface area contributed by atoms with Gasteiger partial charge in [0, 0.05) is 30.4 Å². The second kappa shape index (κ2) is 7.87. The quantitative estimate of drug-likeness (QED) is 0.778. The number of aliphatic hydroxyl groups excluding tert-OH is 1. The third-order valence-corrected chi connectivity index (χ3v) is 5.24. The number of aliphatic carboxylic acids is 1. The molecule has 2 fully saturated rings. The average Bonchev–Trinajstić information content (AvgIpc) is 2.62. The van der Waals surface area contributed by atoms with Gasteiger partial charge in [-0.15, -0.1) is 0 Å². The van der Waals surface area contributed by atoms with Gasteiger partial charge in [-0.1, -0.05) is 6.07 Å². The monoisotopic (exact) mass is 346 g/mol. The number of aliphatic hydroxyl groups is 1. The third-order valence-electron chi connectivity index (χ3n) is 5.24. The average molecular weight is 346 g/mol. The number of rotatable bonds is 4. The molecule has 3 rings (SSSR count). The fourth-order valence-corrected chi connectivity index (χ4v) is 3.78. The number of β-amino-alcohol motifs (C(OH)–C–C–N with tert-alkyl or cyclic N) is 1. The largest absolute Gasteiger partial charge is 0.481 e. The molecule has 6 heteroatoms. The molecular formula is C19H26N2O4. The summed E-state index contributed by atoms with van der Waals surface area (Å²) in [5, 5.41) is 22.3. The van der Waals surface area contributed by atoms with Gasteiger partial charge in [-0.05, 0) is 56.7 Å². The Hall–Kier alpha value is -2.08. The maximum absolute atomic E-state index is 12.6. The Morgan fingerprint density at radius 3 is 2.56 bits per heavy atom. The SMILES string of the molecule is O=C(O)C1CCC(Nc2cccc(C(=O)N3CCCC(O)C3)c2)CC1. The molecule has 2 aliphatic rings. The van der Waals surface area contributed by atoms with Crippen LogP contribution in [-0.4, -0.2) is 52.2 Å². The number of carbonyl (C=O) groups excluding carboxylic acids is 1. The molecule has 1 aliphatic heterocycles. The maximum Gasteiger partial charge on any atom is 0.306 e. The Labute approximate surface area is 147 Å². The first-order chi connectivity index (χ1) is 12.0. The van der Waals surface area contributed by atoms with Crippen molar-refractivity contribution in [2.75, 3.05) is 18.4 Å². The van der Waals surface area contributed by atoms with Crippen molar-refractivity contribution in [2.24, 2.45) is 5.92 Å². The maximum atomic E-state index is 12.6. The lowest BCUT2D eigenvalue weighted by Gasteiger charge is -2.30. The molecule has 1 heterocycles. The van der Waals surface area contributed by atoms with Crippen molar-refractivity contribution in [1.82, 2.24) is 4.90 Å². The van der Waals surface area contributed by atoms with Crippen molar-refractivity contribution in [2.45, 2.75) is 50.7 Å². The van der Waals surface area contributed by atoms with Crippen molar-refractivity contribution in [3.05, 3.63) is 29.8 Å². The van der Waals surface area contributed by atoms with Crippen LogP contribution in [0, 0.1) is 5.92 Å². The van der Waals surface area contributed by atoms with Gasteiger partial charge in [-0.3, -0.25) is 9.59 Å². The zero-order valence-electron chi connectivity index (χ0n) is 14.4. The fourth-order valence-electron chi connectivity index (χ4n) is 3.78. The lowest BCUT2D eigenvalue weighted by molar-refractivity contribution is -0.142. The molecule has 1 aromatic rings. The number of nitrogens with zero attached hydrogens (tertiary/aromatic N) is 1. The van der Waals surface area contributed by atoms with Crippen LogP contribution in [0.5, 0.6) is 0 Å². The Balaban J connectivity index is 1.60. The highest BCUT2D eigenvalue weighted by Gasteiger charge is 2.26. The van der Waals surface area contributed by atoms with Crippen LogP contribution < -0.4 is 5.32 Å². The number of amides is 1. The van der Waals surface area contributed by atoms with Gasteiger partial charge in [-0.2, -0.15) is 0 Å². The first-order valence-electron chi connectivity index (χ1n) is 9.09. The summed E-state index contributed by atoms with van der Waals surface area (Å²) in [7, 11) is 0. The van der Waals surface area contributed by atoms with Crippen LogP contribution in [0.2, 0.25) is 0 Å². The van der Waals surface area contributed by atoms with Crippen LogP contribution in [0.25, 0.3) is 0 Å². The molecule has 25 heavy (non-hydrogen) atoms. The molecule has 0 spiro atoms. The number of piperidine rings is 1. The third kappa shape index (κ3) is 4.51. The van der Waals surface area contributed by atoms with Gasteiger partial charge in [-0.25, -0.2) is 0 Å². The second-order valence-electron chi connectivity index (χ2n) is 7.16. The van der Waals surface area contributed by atoms with Crippen LogP contribution in [0.3, 0.4) is 0 Å². The molecule has 1 aliphatic carbocycles. The molecule has 1 aromatic carbocycles. The number of benzene rings is 1. The van der Waals surface area contributed by atoms with E-state index in [1.165, 1.54) is 0 Å². The number of anilines is 1. The summed E-state index contributed by atoms with van der Waals surface area (Å²) in [6.07, 6.45) is 4.20. The smallest absolute Gasteiger partial charge is 0.306 e. The highest BCUT2D eigenvalue weighted by atomic mass is 16.4. The standard InChI is InChI=1S/C19H26N2O4/c22-17-5-2-10-21(12-17)18(23)14-3-1-4-16(11-14)20-15-8-6-13(7-9-15)19(24)25/h1,3-4,11,13,15,17,20,22H,2,5-10,12H2,(H,24,25). The van der Waals surface area contributed by atoms with Crippen LogP contribution in [0.15, 0.2) is 24.3 Å². The number of hydrogen-bond acceptors (Lipinski definition) is 4. The number of likely N-dealkylation sites (tertiary alicyclic amines) is 1. The minimum absolute atomic E-state index is 0.0445. The summed E-state index contributed by atoms with van der Waals surface area (Å²) in [4.78, 5) is 25.4. The van der Waals surface area contributed by atoms with Gasteiger partial charge in [0.05, 0.1) is 12.0 Å². The molecule has 1 atom stereocenters. The Kier molecular flexibility index (Phi) is 5.58. The number of carboxylic acids is 1. The van der Waals surface area contributed by atoms with E-state index in [0.29, 0.717) is 31.5 Å². The first-order valence-corrected chi connectivity index (χ1v) is 9.09. The zero-order chi connectivity index (χ0) is 17.8. The van der Waals surface area contributed by atoms with E-state index in [-0.39, 0.29) is 17.9 Å². The predicted molar refractivity (Wildman–Crippen MR) is 94.6 cm³/mol. The van der Waals surface area contributed by atoms with Gasteiger partial charge in [0.2, 0.25) is 0 Å². The van der Waals surface area contributed by atoms with Crippen molar-refractivity contribution in [1.29, 1.82) is 0 Å². The Bertz CT molecular complexity index is 626. The molecular weight excluding hydrogens is 320 g/mol. The molecule has 0 aromatic heterocycles. The van der Waals surface area contributed by atoms with E-state index in [1.54, 1.807) is 11.0 Å². The van der Waals surface area contributed by atoms with Crippen molar-refractivity contribution in [3.63, 3.8) is 0 Å². The van der Waals surface area contributed by atoms with Gasteiger partial charge in [0.1, 0.15) is 0 Å². The van der Waals surface area contributed by atoms with Gasteiger partial charge >= 0.3 is 5.97 Å². The minimum Gasteiger partial charge on any atom is -0.481 e. The van der Waals surface area contributed by atoms with E-state index in [0.717, 1.165) is 31.4 Å². The van der Waals surface area contributed by atoms with Crippen LogP contribution >= 0.6 is 0 Å². The van der Waals surface area contributed by atoms with Gasteiger partial charge in [0.15, 0.2) is 0 Å². The zero-order valence-corrected chi connectivity index (χ0v) is 14.4. The minimum atomic E-state index is -0.699. The van der Waals surface area contributed by atoms with E-state index >= 15 is 0 Å². The van der Waals surface area contributed by atoms with E-state index in [1.807, 2.05) is 18.2 Å². The van der Waals surface area contributed by atoms with Crippen molar-refractivity contribution in [3.8, 4) is 0 Å². The van der Waals surface area contributed by atoms with Crippen LogP contribution in [-0.2, 0) is 4.79 Å². The predicted octanol–water partition coefficient (Wildman–Crippen LogP) is 2.34. The molecule has 3 N–H and O–H groups in total. The topological polar surface area (TPSA) is 89.9 Å². The highest BCUT2D eigenvalue weighted by molar-refractivity contribution is 5.95. The van der Waals surface area contributed by atoms with E-state index in [4.69, 9.17) is 5.11 Å². The number of hydrogen-bond donors (Lipinski definition) is 3. The summed E-state index contributed by atoms with van der Waals surface area (Å²) < 4.78 is 0. The van der Waals surface area contributed by atoms with Crippen molar-refractivity contribution < 1.29 is 19.8 Å². The lowest BCUT2D eigenvalue weighted by Crippen LogP contribution is -2.42. The molecule has 1 amide bonds. The summed E-state index contributed by atoms with van der Waals surface area (Å²) in [5.41, 5.74) is 1.51.